The largest absolute Gasteiger partial charge is 0.298 e. The first-order chi connectivity index (χ1) is 7.37. The van der Waals surface area contributed by atoms with Gasteiger partial charge in [-0.2, -0.15) is 5.26 Å². The van der Waals surface area contributed by atoms with Gasteiger partial charge in [0.15, 0.2) is 5.78 Å². The Bertz CT molecular complexity index is 297. The monoisotopic (exact) mass is 229 g/mol. The fourth-order valence-electron chi connectivity index (χ4n) is 2.12. The van der Waals surface area contributed by atoms with Gasteiger partial charge in [-0.1, -0.05) is 13.8 Å². The van der Waals surface area contributed by atoms with E-state index in [0.717, 1.165) is 0 Å². The van der Waals surface area contributed by atoms with Gasteiger partial charge in [-0.15, -0.1) is 0 Å². The van der Waals surface area contributed by atoms with Crippen LogP contribution in [0.1, 0.15) is 39.5 Å². The second-order valence-corrected chi connectivity index (χ2v) is 4.88. The Labute approximate surface area is 94.6 Å². The van der Waals surface area contributed by atoms with Crippen LogP contribution in [0.2, 0.25) is 0 Å². The van der Waals surface area contributed by atoms with Gasteiger partial charge >= 0.3 is 0 Å². The lowest BCUT2D eigenvalue weighted by atomic mass is 9.78. The molecule has 1 fully saturated rings. The molecule has 1 saturated carbocycles. The van der Waals surface area contributed by atoms with Gasteiger partial charge in [0.1, 0.15) is 5.92 Å². The Morgan fingerprint density at radius 3 is 2.25 bits per heavy atom. The van der Waals surface area contributed by atoms with E-state index < -0.39 is 11.8 Å². The molecule has 0 radical (unpaired) electrons. The van der Waals surface area contributed by atoms with E-state index >= 15 is 0 Å². The molecule has 0 heterocycles. The molecule has 1 rings (SSSR count). The van der Waals surface area contributed by atoms with Gasteiger partial charge in [0.25, 0.3) is 0 Å². The number of carbonyl (C=O) groups excluding carboxylic acids is 1. The van der Waals surface area contributed by atoms with Crippen LogP contribution >= 0.6 is 0 Å². The number of nitriles is 1. The Morgan fingerprint density at radius 1 is 1.38 bits per heavy atom. The molecule has 0 aromatic carbocycles. The van der Waals surface area contributed by atoms with Gasteiger partial charge in [-0.05, 0) is 18.8 Å². The van der Waals surface area contributed by atoms with Crippen molar-refractivity contribution in [2.45, 2.75) is 45.5 Å². The van der Waals surface area contributed by atoms with E-state index in [1.165, 1.54) is 0 Å². The van der Waals surface area contributed by atoms with Gasteiger partial charge < -0.3 is 0 Å². The van der Waals surface area contributed by atoms with Crippen LogP contribution in [0, 0.1) is 29.1 Å². The van der Waals surface area contributed by atoms with Gasteiger partial charge in [-0.3, -0.25) is 4.79 Å². The molecule has 0 aromatic rings. The van der Waals surface area contributed by atoms with Crippen molar-refractivity contribution in [1.82, 2.24) is 0 Å². The Morgan fingerprint density at radius 2 is 1.88 bits per heavy atom. The first-order valence-electron chi connectivity index (χ1n) is 5.68. The minimum atomic E-state index is -2.61. The number of nitrogens with zero attached hydrogens (tertiary/aromatic N) is 1. The summed E-state index contributed by atoms with van der Waals surface area (Å²) in [5, 5.41) is 8.88. The van der Waals surface area contributed by atoms with Crippen LogP contribution in [-0.2, 0) is 4.79 Å². The van der Waals surface area contributed by atoms with Gasteiger partial charge in [-0.25, -0.2) is 8.78 Å². The lowest BCUT2D eigenvalue weighted by Gasteiger charge is -2.28. The predicted molar refractivity (Wildman–Crippen MR) is 55.9 cm³/mol. The Hall–Kier alpha value is -0.980. The Balaban J connectivity index is 2.60. The molecule has 0 N–H and O–H groups in total. The normalized spacial score (nSPS) is 22.8. The number of hydrogen-bond acceptors (Lipinski definition) is 2. The fraction of sp³-hybridized carbons (Fsp3) is 0.833. The molecular weight excluding hydrogens is 212 g/mol. The van der Waals surface area contributed by atoms with E-state index in [0.29, 0.717) is 0 Å². The summed E-state index contributed by atoms with van der Waals surface area (Å²) in [6, 6.07) is 1.98. The summed E-state index contributed by atoms with van der Waals surface area (Å²) in [6.07, 6.45) is -0.00717. The van der Waals surface area contributed by atoms with Crippen LogP contribution in [0.5, 0.6) is 0 Å². The molecule has 2 nitrogen and oxygen atoms in total. The van der Waals surface area contributed by atoms with E-state index in [1.54, 1.807) is 0 Å². The number of rotatable bonds is 3. The molecular formula is C12H17F2NO. The van der Waals surface area contributed by atoms with Crippen molar-refractivity contribution in [3.63, 3.8) is 0 Å². The molecule has 0 amide bonds. The summed E-state index contributed by atoms with van der Waals surface area (Å²) < 4.78 is 25.8. The third-order valence-electron chi connectivity index (χ3n) is 3.23. The SMILES string of the molecule is CC(C)C(C#N)C(=O)C1CCC(F)(F)CC1. The first-order valence-corrected chi connectivity index (χ1v) is 5.68. The van der Waals surface area contributed by atoms with Crippen molar-refractivity contribution in [3.8, 4) is 6.07 Å². The van der Waals surface area contributed by atoms with E-state index in [-0.39, 0.29) is 43.3 Å². The minimum Gasteiger partial charge on any atom is -0.298 e. The van der Waals surface area contributed by atoms with Gasteiger partial charge in [0.2, 0.25) is 5.92 Å². The second-order valence-electron chi connectivity index (χ2n) is 4.88. The lowest BCUT2D eigenvalue weighted by molar-refractivity contribution is -0.130. The molecule has 1 aliphatic rings. The van der Waals surface area contributed by atoms with E-state index in [4.69, 9.17) is 5.26 Å². The van der Waals surface area contributed by atoms with Crippen molar-refractivity contribution in [2.24, 2.45) is 17.8 Å². The maximum absolute atomic E-state index is 12.9. The lowest BCUT2D eigenvalue weighted by Crippen LogP contribution is -2.33. The van der Waals surface area contributed by atoms with E-state index in [2.05, 4.69) is 0 Å². The highest BCUT2D eigenvalue weighted by atomic mass is 19.3. The molecule has 0 bridgehead atoms. The fourth-order valence-corrected chi connectivity index (χ4v) is 2.12. The van der Waals surface area contributed by atoms with E-state index in [1.807, 2.05) is 19.9 Å². The van der Waals surface area contributed by atoms with Crippen LogP contribution in [-0.4, -0.2) is 11.7 Å². The van der Waals surface area contributed by atoms with Crippen molar-refractivity contribution in [2.75, 3.05) is 0 Å². The first kappa shape index (κ1) is 13.1. The summed E-state index contributed by atoms with van der Waals surface area (Å²) in [5.74, 6) is -3.78. The van der Waals surface area contributed by atoms with Crippen molar-refractivity contribution in [3.05, 3.63) is 0 Å². The van der Waals surface area contributed by atoms with Crippen LogP contribution in [0.25, 0.3) is 0 Å². The maximum atomic E-state index is 12.9. The zero-order chi connectivity index (χ0) is 12.3. The third-order valence-corrected chi connectivity index (χ3v) is 3.23. The molecule has 0 aromatic heterocycles. The summed E-state index contributed by atoms with van der Waals surface area (Å²) in [7, 11) is 0. The highest BCUT2D eigenvalue weighted by molar-refractivity contribution is 5.85. The van der Waals surface area contributed by atoms with Crippen LogP contribution < -0.4 is 0 Å². The average Bonchev–Trinajstić information content (AvgIpc) is 2.17. The zero-order valence-electron chi connectivity index (χ0n) is 9.67. The molecule has 1 atom stereocenters. The highest BCUT2D eigenvalue weighted by Crippen LogP contribution is 2.37. The van der Waals surface area contributed by atoms with Gasteiger partial charge in [0, 0.05) is 18.8 Å². The average molecular weight is 229 g/mol. The zero-order valence-corrected chi connectivity index (χ0v) is 9.67. The molecule has 4 heteroatoms. The van der Waals surface area contributed by atoms with Crippen molar-refractivity contribution >= 4 is 5.78 Å². The van der Waals surface area contributed by atoms with E-state index in [9.17, 15) is 13.6 Å². The smallest absolute Gasteiger partial charge is 0.248 e. The number of hydrogen-bond donors (Lipinski definition) is 0. The Kier molecular flexibility index (Phi) is 4.01. The summed E-state index contributed by atoms with van der Waals surface area (Å²) in [5.41, 5.74) is 0. The highest BCUT2D eigenvalue weighted by Gasteiger charge is 2.39. The molecule has 90 valence electrons. The molecule has 0 spiro atoms. The van der Waals surface area contributed by atoms with Crippen molar-refractivity contribution < 1.29 is 13.6 Å². The molecule has 0 saturated heterocycles. The summed E-state index contributed by atoms with van der Waals surface area (Å²) in [6.45, 7) is 3.62. The molecule has 16 heavy (non-hydrogen) atoms. The van der Waals surface area contributed by atoms with Crippen molar-refractivity contribution in [1.29, 1.82) is 5.26 Å². The summed E-state index contributed by atoms with van der Waals surface area (Å²) >= 11 is 0. The second kappa shape index (κ2) is 4.90. The molecule has 1 unspecified atom stereocenters. The van der Waals surface area contributed by atoms with Crippen LogP contribution in [0.4, 0.5) is 8.78 Å². The number of alkyl halides is 2. The number of Topliss-reactive ketones (excluding diaryl/α,β-unsaturated/α-hetero) is 1. The van der Waals surface area contributed by atoms with Crippen LogP contribution in [0.3, 0.4) is 0 Å². The quantitative estimate of drug-likeness (QED) is 0.745. The van der Waals surface area contributed by atoms with Gasteiger partial charge in [0.05, 0.1) is 6.07 Å². The number of carbonyl (C=O) groups is 1. The maximum Gasteiger partial charge on any atom is 0.248 e. The summed E-state index contributed by atoms with van der Waals surface area (Å²) in [4.78, 5) is 11.9. The topological polar surface area (TPSA) is 40.9 Å². The molecule has 0 aliphatic heterocycles. The standard InChI is InChI=1S/C12H17F2NO/c1-8(2)10(7-15)11(16)9-3-5-12(13,14)6-4-9/h8-10H,3-6H2,1-2H3. The number of halogens is 2. The third kappa shape index (κ3) is 3.01. The number of ketones is 1. The predicted octanol–water partition coefficient (Wildman–Crippen LogP) is 3.18. The molecule has 1 aliphatic carbocycles. The minimum absolute atomic E-state index is 0.0417. The van der Waals surface area contributed by atoms with Crippen LogP contribution in [0.15, 0.2) is 0 Å².